The van der Waals surface area contributed by atoms with E-state index in [-0.39, 0.29) is 11.8 Å². The lowest BCUT2D eigenvalue weighted by Crippen LogP contribution is -2.08. The molecule has 1 aromatic carbocycles. The highest BCUT2D eigenvalue weighted by Crippen LogP contribution is 2.23. The van der Waals surface area contributed by atoms with Crippen LogP contribution in [0.25, 0.3) is 0 Å². The van der Waals surface area contributed by atoms with E-state index in [0.29, 0.717) is 6.61 Å². The van der Waals surface area contributed by atoms with Crippen molar-refractivity contribution in [3.05, 3.63) is 33.9 Å². The first-order valence-electron chi connectivity index (χ1n) is 6.15. The minimum atomic E-state index is -0.390. The Hall–Kier alpha value is -1.62. The predicted octanol–water partition coefficient (Wildman–Crippen LogP) is 3.34. The van der Waals surface area contributed by atoms with Crippen LogP contribution < -0.4 is 5.32 Å². The molecule has 0 aliphatic rings. The van der Waals surface area contributed by atoms with E-state index in [9.17, 15) is 10.1 Å². The average Bonchev–Trinajstić information content (AvgIpc) is 2.36. The van der Waals surface area contributed by atoms with Gasteiger partial charge in [-0.25, -0.2) is 0 Å². The summed E-state index contributed by atoms with van der Waals surface area (Å²) in [6, 6.07) is 4.76. The largest absolute Gasteiger partial charge is 0.388 e. The summed E-state index contributed by atoms with van der Waals surface area (Å²) in [6.07, 6.45) is 2.22. The molecule has 1 unspecified atom stereocenters. The van der Waals surface area contributed by atoms with Gasteiger partial charge in [0.05, 0.1) is 17.6 Å². The molecule has 0 radical (unpaired) electrons. The van der Waals surface area contributed by atoms with Gasteiger partial charge in [0.25, 0.3) is 5.69 Å². The highest BCUT2D eigenvalue weighted by Gasteiger charge is 2.11. The predicted molar refractivity (Wildman–Crippen MR) is 71.8 cm³/mol. The Balaban J connectivity index is 2.78. The summed E-state index contributed by atoms with van der Waals surface area (Å²) in [5.74, 6) is 0. The van der Waals surface area contributed by atoms with Gasteiger partial charge in [0.1, 0.15) is 0 Å². The minimum absolute atomic E-state index is 0.0933. The third-order valence-electron chi connectivity index (χ3n) is 2.79. The number of nitrogens with zero attached hydrogens (tertiary/aromatic N) is 1. The Morgan fingerprint density at radius 3 is 2.78 bits per heavy atom. The zero-order valence-corrected chi connectivity index (χ0v) is 11.1. The van der Waals surface area contributed by atoms with Crippen molar-refractivity contribution in [3.63, 3.8) is 0 Å². The quantitative estimate of drug-likeness (QED) is 0.597. The van der Waals surface area contributed by atoms with E-state index >= 15 is 0 Å². The van der Waals surface area contributed by atoms with Gasteiger partial charge in [0, 0.05) is 30.4 Å². The van der Waals surface area contributed by atoms with Gasteiger partial charge in [0.15, 0.2) is 0 Å². The standard InChI is InChI=1S/C13H20N2O3/c1-4-5-10(2)18-9-11-8-12(15(16)17)6-7-13(11)14-3/h6-8,10,14H,4-5,9H2,1-3H3. The second-order valence-electron chi connectivity index (χ2n) is 4.26. The molecule has 0 saturated carbocycles. The first-order chi connectivity index (χ1) is 8.58. The van der Waals surface area contributed by atoms with Crippen molar-refractivity contribution in [1.29, 1.82) is 0 Å². The van der Waals surface area contributed by atoms with Crippen LogP contribution in [0.15, 0.2) is 18.2 Å². The number of nitro benzene ring substituents is 1. The molecule has 0 amide bonds. The van der Waals surface area contributed by atoms with Gasteiger partial charge in [-0.1, -0.05) is 13.3 Å². The van der Waals surface area contributed by atoms with Crippen LogP contribution in [0.5, 0.6) is 0 Å². The van der Waals surface area contributed by atoms with Crippen molar-refractivity contribution in [3.8, 4) is 0 Å². The number of hydrogen-bond acceptors (Lipinski definition) is 4. The molecule has 1 atom stereocenters. The fraction of sp³-hybridized carbons (Fsp3) is 0.538. The molecule has 5 nitrogen and oxygen atoms in total. The SMILES string of the molecule is CCCC(C)OCc1cc([N+](=O)[O-])ccc1NC. The molecule has 5 heteroatoms. The van der Waals surface area contributed by atoms with Crippen LogP contribution in [-0.2, 0) is 11.3 Å². The number of nitro groups is 1. The first kappa shape index (κ1) is 14.4. The van der Waals surface area contributed by atoms with Gasteiger partial charge < -0.3 is 10.1 Å². The fourth-order valence-corrected chi connectivity index (χ4v) is 1.78. The lowest BCUT2D eigenvalue weighted by Gasteiger charge is -2.14. The van der Waals surface area contributed by atoms with Gasteiger partial charge in [-0.05, 0) is 19.4 Å². The van der Waals surface area contributed by atoms with Crippen LogP contribution in [0.1, 0.15) is 32.3 Å². The molecule has 0 bridgehead atoms. The highest BCUT2D eigenvalue weighted by molar-refractivity contribution is 5.55. The maximum atomic E-state index is 10.7. The Labute approximate surface area is 107 Å². The Morgan fingerprint density at radius 2 is 2.22 bits per heavy atom. The molecule has 1 rings (SSSR count). The summed E-state index contributed by atoms with van der Waals surface area (Å²) in [5, 5.41) is 13.8. The average molecular weight is 252 g/mol. The fourth-order valence-electron chi connectivity index (χ4n) is 1.78. The number of non-ortho nitro benzene ring substituents is 1. The molecule has 0 heterocycles. The second-order valence-corrected chi connectivity index (χ2v) is 4.26. The van der Waals surface area contributed by atoms with Crippen molar-refractivity contribution in [2.75, 3.05) is 12.4 Å². The topological polar surface area (TPSA) is 64.4 Å². The Kier molecular flexibility index (Phi) is 5.58. The summed E-state index contributed by atoms with van der Waals surface area (Å²) in [4.78, 5) is 10.3. The molecule has 0 fully saturated rings. The molecule has 100 valence electrons. The molecule has 0 aliphatic heterocycles. The summed E-state index contributed by atoms with van der Waals surface area (Å²) in [5.41, 5.74) is 1.77. The summed E-state index contributed by atoms with van der Waals surface area (Å²) in [7, 11) is 1.79. The highest BCUT2D eigenvalue weighted by atomic mass is 16.6. The normalized spacial score (nSPS) is 12.2. The molecule has 0 aromatic heterocycles. The van der Waals surface area contributed by atoms with Crippen molar-refractivity contribution < 1.29 is 9.66 Å². The second kappa shape index (κ2) is 6.96. The summed E-state index contributed by atoms with van der Waals surface area (Å²) >= 11 is 0. The monoisotopic (exact) mass is 252 g/mol. The van der Waals surface area contributed by atoms with Crippen LogP contribution in [0.4, 0.5) is 11.4 Å². The van der Waals surface area contributed by atoms with Gasteiger partial charge >= 0.3 is 0 Å². The van der Waals surface area contributed by atoms with E-state index in [0.717, 1.165) is 24.1 Å². The molecule has 1 aromatic rings. The van der Waals surface area contributed by atoms with Crippen LogP contribution >= 0.6 is 0 Å². The lowest BCUT2D eigenvalue weighted by molar-refractivity contribution is -0.384. The zero-order valence-electron chi connectivity index (χ0n) is 11.1. The van der Waals surface area contributed by atoms with Crippen LogP contribution in [0.3, 0.4) is 0 Å². The maximum absolute atomic E-state index is 10.7. The summed E-state index contributed by atoms with van der Waals surface area (Å²) in [6.45, 7) is 4.51. The van der Waals surface area contributed by atoms with Gasteiger partial charge in [-0.15, -0.1) is 0 Å². The zero-order chi connectivity index (χ0) is 13.5. The van der Waals surface area contributed by atoms with E-state index in [1.165, 1.54) is 6.07 Å². The third-order valence-corrected chi connectivity index (χ3v) is 2.79. The van der Waals surface area contributed by atoms with E-state index < -0.39 is 4.92 Å². The third kappa shape index (κ3) is 4.00. The number of hydrogen-bond donors (Lipinski definition) is 1. The van der Waals surface area contributed by atoms with E-state index in [2.05, 4.69) is 12.2 Å². The minimum Gasteiger partial charge on any atom is -0.388 e. The molecular formula is C13H20N2O3. The number of rotatable bonds is 7. The lowest BCUT2D eigenvalue weighted by atomic mass is 10.1. The Morgan fingerprint density at radius 1 is 1.50 bits per heavy atom. The number of anilines is 1. The molecular weight excluding hydrogens is 232 g/mol. The molecule has 0 spiro atoms. The molecule has 0 saturated heterocycles. The van der Waals surface area contributed by atoms with Crippen molar-refractivity contribution >= 4 is 11.4 Å². The van der Waals surface area contributed by atoms with Crippen LogP contribution in [0, 0.1) is 10.1 Å². The number of nitrogens with one attached hydrogen (secondary N) is 1. The Bertz CT molecular complexity index is 407. The smallest absolute Gasteiger partial charge is 0.269 e. The first-order valence-corrected chi connectivity index (χ1v) is 6.15. The van der Waals surface area contributed by atoms with E-state index in [1.54, 1.807) is 19.2 Å². The van der Waals surface area contributed by atoms with E-state index in [1.807, 2.05) is 6.92 Å². The van der Waals surface area contributed by atoms with Crippen molar-refractivity contribution in [2.24, 2.45) is 0 Å². The number of benzene rings is 1. The van der Waals surface area contributed by atoms with E-state index in [4.69, 9.17) is 4.74 Å². The van der Waals surface area contributed by atoms with Crippen LogP contribution in [0.2, 0.25) is 0 Å². The molecule has 1 N–H and O–H groups in total. The van der Waals surface area contributed by atoms with Gasteiger partial charge in [-0.2, -0.15) is 0 Å². The molecule has 18 heavy (non-hydrogen) atoms. The van der Waals surface area contributed by atoms with Crippen LogP contribution in [-0.4, -0.2) is 18.1 Å². The maximum Gasteiger partial charge on any atom is 0.269 e. The van der Waals surface area contributed by atoms with Crippen molar-refractivity contribution in [1.82, 2.24) is 0 Å². The van der Waals surface area contributed by atoms with Gasteiger partial charge in [-0.3, -0.25) is 10.1 Å². The summed E-state index contributed by atoms with van der Waals surface area (Å²) < 4.78 is 5.68. The van der Waals surface area contributed by atoms with Gasteiger partial charge in [0.2, 0.25) is 0 Å². The number of ether oxygens (including phenoxy) is 1. The molecule has 0 aliphatic carbocycles. The van der Waals surface area contributed by atoms with Crippen molar-refractivity contribution in [2.45, 2.75) is 39.4 Å².